The van der Waals surface area contributed by atoms with Crippen molar-refractivity contribution in [2.45, 2.75) is 19.4 Å². The molecule has 7 nitrogen and oxygen atoms in total. The lowest BCUT2D eigenvalue weighted by atomic mass is 9.88. The molecule has 31 heavy (non-hydrogen) atoms. The number of rotatable bonds is 5. The zero-order valence-corrected chi connectivity index (χ0v) is 17.1. The molecule has 156 valence electrons. The van der Waals surface area contributed by atoms with Crippen LogP contribution in [-0.4, -0.2) is 35.1 Å². The Morgan fingerprint density at radius 1 is 0.968 bits per heavy atom. The molecule has 7 heteroatoms. The van der Waals surface area contributed by atoms with Crippen molar-refractivity contribution in [3.63, 3.8) is 0 Å². The van der Waals surface area contributed by atoms with E-state index < -0.39 is 29.9 Å². The third kappa shape index (κ3) is 3.66. The summed E-state index contributed by atoms with van der Waals surface area (Å²) in [6, 6.07) is 19.0. The number of benzene rings is 3. The van der Waals surface area contributed by atoms with E-state index in [1.54, 1.807) is 37.3 Å². The van der Waals surface area contributed by atoms with Crippen LogP contribution < -0.4 is 10.6 Å². The van der Waals surface area contributed by atoms with Gasteiger partial charge in [0.25, 0.3) is 5.91 Å². The third-order valence-electron chi connectivity index (χ3n) is 5.48. The molecule has 0 spiro atoms. The lowest BCUT2D eigenvalue weighted by Crippen LogP contribution is -2.42. The lowest BCUT2D eigenvalue weighted by molar-refractivity contribution is -0.133. The number of Topliss-reactive ketones (excluding diaryl/α,β-unsaturated/α-hetero) is 1. The van der Waals surface area contributed by atoms with Crippen molar-refractivity contribution in [3.8, 4) is 0 Å². The molecule has 1 atom stereocenters. The number of carbonyl (C=O) groups excluding carboxylic acids is 4. The molecule has 4 amide bonds. The quantitative estimate of drug-likeness (QED) is 0.493. The molecule has 0 aromatic heterocycles. The van der Waals surface area contributed by atoms with Crippen LogP contribution in [0.4, 0.5) is 10.5 Å². The average Bonchev–Trinajstić information content (AvgIpc) is 2.97. The minimum Gasteiger partial charge on any atom is -0.325 e. The van der Waals surface area contributed by atoms with Crippen LogP contribution in [0.1, 0.15) is 29.8 Å². The Hall–Kier alpha value is -4.00. The predicted molar refractivity (Wildman–Crippen MR) is 117 cm³/mol. The molecule has 0 aliphatic carbocycles. The first-order valence-corrected chi connectivity index (χ1v) is 9.83. The number of carbonyl (C=O) groups is 4. The molecule has 1 saturated heterocycles. The standard InChI is InChI=1S/C24H21N3O4/c1-15(28)16-10-12-18(13-11-16)25-21(29)14-27-22(30)24(2,26-23(27)31)20-9-5-7-17-6-3-4-8-19(17)20/h3-13H,14H2,1-2H3,(H,25,29)(H,26,31)/t24-/m0/s1. The summed E-state index contributed by atoms with van der Waals surface area (Å²) in [5.74, 6) is -1.08. The van der Waals surface area contributed by atoms with Crippen LogP contribution in [0, 0.1) is 0 Å². The fourth-order valence-electron chi connectivity index (χ4n) is 3.82. The summed E-state index contributed by atoms with van der Waals surface area (Å²) >= 11 is 0. The predicted octanol–water partition coefficient (Wildman–Crippen LogP) is 3.45. The second-order valence-electron chi connectivity index (χ2n) is 7.65. The van der Waals surface area contributed by atoms with E-state index in [-0.39, 0.29) is 5.78 Å². The van der Waals surface area contributed by atoms with Crippen molar-refractivity contribution in [2.75, 3.05) is 11.9 Å². The number of imide groups is 1. The zero-order chi connectivity index (χ0) is 22.2. The Labute approximate surface area is 179 Å². The van der Waals surface area contributed by atoms with Gasteiger partial charge in [-0.25, -0.2) is 4.79 Å². The average molecular weight is 415 g/mol. The van der Waals surface area contributed by atoms with Gasteiger partial charge in [0.05, 0.1) is 0 Å². The Balaban J connectivity index is 1.54. The van der Waals surface area contributed by atoms with Crippen molar-refractivity contribution in [1.82, 2.24) is 10.2 Å². The topological polar surface area (TPSA) is 95.6 Å². The van der Waals surface area contributed by atoms with Crippen LogP contribution >= 0.6 is 0 Å². The normalized spacial score (nSPS) is 18.2. The molecule has 1 fully saturated rings. The minimum atomic E-state index is -1.28. The van der Waals surface area contributed by atoms with Gasteiger partial charge in [-0.05, 0) is 54.4 Å². The summed E-state index contributed by atoms with van der Waals surface area (Å²) in [6.07, 6.45) is 0. The van der Waals surface area contributed by atoms with E-state index in [1.807, 2.05) is 36.4 Å². The van der Waals surface area contributed by atoms with Crippen molar-refractivity contribution in [2.24, 2.45) is 0 Å². The summed E-state index contributed by atoms with van der Waals surface area (Å²) in [7, 11) is 0. The van der Waals surface area contributed by atoms with Gasteiger partial charge in [0, 0.05) is 11.3 Å². The minimum absolute atomic E-state index is 0.0788. The molecule has 3 aromatic rings. The van der Waals surface area contributed by atoms with Crippen LogP contribution in [0.2, 0.25) is 0 Å². The van der Waals surface area contributed by atoms with Crippen LogP contribution in [-0.2, 0) is 15.1 Å². The molecule has 1 heterocycles. The van der Waals surface area contributed by atoms with Gasteiger partial charge in [-0.15, -0.1) is 0 Å². The summed E-state index contributed by atoms with van der Waals surface area (Å²) in [5.41, 5.74) is 0.393. The Kier molecular flexibility index (Phi) is 5.02. The highest BCUT2D eigenvalue weighted by Gasteiger charge is 2.50. The number of amides is 4. The molecule has 0 unspecified atom stereocenters. The van der Waals surface area contributed by atoms with Crippen molar-refractivity contribution >= 4 is 40.1 Å². The number of nitrogens with zero attached hydrogens (tertiary/aromatic N) is 1. The van der Waals surface area contributed by atoms with E-state index in [0.717, 1.165) is 15.7 Å². The number of fused-ring (bicyclic) bond motifs is 1. The molecule has 1 aliphatic heterocycles. The summed E-state index contributed by atoms with van der Waals surface area (Å²) in [4.78, 5) is 50.6. The van der Waals surface area contributed by atoms with Crippen LogP contribution in [0.25, 0.3) is 10.8 Å². The molecule has 3 aromatic carbocycles. The summed E-state index contributed by atoms with van der Waals surface area (Å²) < 4.78 is 0. The van der Waals surface area contributed by atoms with Gasteiger partial charge in [0.2, 0.25) is 5.91 Å². The van der Waals surface area contributed by atoms with Crippen LogP contribution in [0.5, 0.6) is 0 Å². The SMILES string of the molecule is CC(=O)c1ccc(NC(=O)CN2C(=O)N[C@@](C)(c3cccc4ccccc34)C2=O)cc1. The fraction of sp³-hybridized carbons (Fsp3) is 0.167. The van der Waals surface area contributed by atoms with Gasteiger partial charge in [-0.1, -0.05) is 42.5 Å². The first kappa shape index (κ1) is 20.3. The van der Waals surface area contributed by atoms with E-state index >= 15 is 0 Å². The number of hydrogen-bond acceptors (Lipinski definition) is 4. The Bertz CT molecular complexity index is 1210. The van der Waals surface area contributed by atoms with Crippen molar-refractivity contribution in [1.29, 1.82) is 0 Å². The second kappa shape index (κ2) is 7.68. The molecule has 0 radical (unpaired) electrons. The maximum absolute atomic E-state index is 13.2. The molecule has 2 N–H and O–H groups in total. The Morgan fingerprint density at radius 3 is 2.35 bits per heavy atom. The number of nitrogens with one attached hydrogen (secondary N) is 2. The van der Waals surface area contributed by atoms with Crippen molar-refractivity contribution < 1.29 is 19.2 Å². The first-order chi connectivity index (χ1) is 14.8. The molecule has 1 aliphatic rings. The van der Waals surface area contributed by atoms with E-state index in [9.17, 15) is 19.2 Å². The molecule has 0 bridgehead atoms. The largest absolute Gasteiger partial charge is 0.325 e. The van der Waals surface area contributed by atoms with Crippen LogP contribution in [0.3, 0.4) is 0 Å². The highest BCUT2D eigenvalue weighted by Crippen LogP contribution is 2.33. The molecular formula is C24H21N3O4. The molecule has 4 rings (SSSR count). The van der Waals surface area contributed by atoms with E-state index in [1.165, 1.54) is 6.92 Å². The van der Waals surface area contributed by atoms with Gasteiger partial charge >= 0.3 is 6.03 Å². The third-order valence-corrected chi connectivity index (χ3v) is 5.48. The second-order valence-corrected chi connectivity index (χ2v) is 7.65. The zero-order valence-electron chi connectivity index (χ0n) is 17.1. The summed E-state index contributed by atoms with van der Waals surface area (Å²) in [5, 5.41) is 7.21. The highest BCUT2D eigenvalue weighted by atomic mass is 16.2. The van der Waals surface area contributed by atoms with E-state index in [4.69, 9.17) is 0 Å². The molecular weight excluding hydrogens is 394 g/mol. The van der Waals surface area contributed by atoms with Gasteiger partial charge in [-0.2, -0.15) is 0 Å². The molecule has 0 saturated carbocycles. The van der Waals surface area contributed by atoms with Crippen LogP contribution in [0.15, 0.2) is 66.7 Å². The maximum Gasteiger partial charge on any atom is 0.325 e. The van der Waals surface area contributed by atoms with Gasteiger partial charge in [0.1, 0.15) is 12.1 Å². The number of anilines is 1. The van der Waals surface area contributed by atoms with E-state index in [2.05, 4.69) is 10.6 Å². The van der Waals surface area contributed by atoms with E-state index in [0.29, 0.717) is 16.8 Å². The van der Waals surface area contributed by atoms with Gasteiger partial charge in [0.15, 0.2) is 5.78 Å². The number of ketones is 1. The fourth-order valence-corrected chi connectivity index (χ4v) is 3.82. The monoisotopic (exact) mass is 415 g/mol. The number of urea groups is 1. The summed E-state index contributed by atoms with van der Waals surface area (Å²) in [6.45, 7) is 2.69. The lowest BCUT2D eigenvalue weighted by Gasteiger charge is -2.24. The van der Waals surface area contributed by atoms with Crippen molar-refractivity contribution in [3.05, 3.63) is 77.9 Å². The highest BCUT2D eigenvalue weighted by molar-refractivity contribution is 6.11. The Morgan fingerprint density at radius 2 is 1.65 bits per heavy atom. The maximum atomic E-state index is 13.2. The smallest absolute Gasteiger partial charge is 0.325 e. The first-order valence-electron chi connectivity index (χ1n) is 9.83. The van der Waals surface area contributed by atoms with Gasteiger partial charge < -0.3 is 10.6 Å². The number of hydrogen-bond donors (Lipinski definition) is 2. The van der Waals surface area contributed by atoms with Gasteiger partial charge in [-0.3, -0.25) is 19.3 Å².